The molecule has 0 atom stereocenters. The third-order valence-electron chi connectivity index (χ3n) is 3.40. The van der Waals surface area contributed by atoms with Crippen molar-refractivity contribution >= 4 is 0 Å². The van der Waals surface area contributed by atoms with Crippen LogP contribution in [0.5, 0.6) is 0 Å². The standard InChI is InChI=1S/C13H28N2O/c1-2-8-14-13-6-10-15(11-7-13)9-4-3-5-12-16/h13-14,16H,2-12H2,1H3. The molecular formula is C13H28N2O. The Balaban J connectivity index is 1.98. The van der Waals surface area contributed by atoms with Crippen LogP contribution in [0.25, 0.3) is 0 Å². The van der Waals surface area contributed by atoms with E-state index in [2.05, 4.69) is 17.1 Å². The monoisotopic (exact) mass is 228 g/mol. The molecule has 1 rings (SSSR count). The third kappa shape index (κ3) is 5.83. The molecule has 0 radical (unpaired) electrons. The Morgan fingerprint density at radius 2 is 1.94 bits per heavy atom. The molecule has 3 nitrogen and oxygen atoms in total. The number of aliphatic hydroxyl groups is 1. The lowest BCUT2D eigenvalue weighted by molar-refractivity contribution is 0.192. The van der Waals surface area contributed by atoms with Gasteiger partial charge in [-0.2, -0.15) is 0 Å². The fourth-order valence-corrected chi connectivity index (χ4v) is 2.33. The zero-order valence-corrected chi connectivity index (χ0v) is 10.7. The lowest BCUT2D eigenvalue weighted by Gasteiger charge is -2.32. The van der Waals surface area contributed by atoms with Gasteiger partial charge in [0.05, 0.1) is 0 Å². The van der Waals surface area contributed by atoms with Crippen molar-refractivity contribution in [1.82, 2.24) is 10.2 Å². The van der Waals surface area contributed by atoms with Gasteiger partial charge in [-0.1, -0.05) is 6.92 Å². The first kappa shape index (κ1) is 13.9. The topological polar surface area (TPSA) is 35.5 Å². The Labute approximate surface area is 100 Å². The van der Waals surface area contributed by atoms with E-state index in [0.717, 1.165) is 12.5 Å². The van der Waals surface area contributed by atoms with Crippen LogP contribution >= 0.6 is 0 Å². The number of rotatable bonds is 8. The maximum atomic E-state index is 8.70. The first-order valence-corrected chi connectivity index (χ1v) is 6.93. The number of likely N-dealkylation sites (tertiary alicyclic amines) is 1. The van der Waals surface area contributed by atoms with Crippen molar-refractivity contribution in [3.05, 3.63) is 0 Å². The fourth-order valence-electron chi connectivity index (χ4n) is 2.33. The van der Waals surface area contributed by atoms with Gasteiger partial charge in [-0.3, -0.25) is 0 Å². The number of unbranched alkanes of at least 4 members (excludes halogenated alkanes) is 2. The summed E-state index contributed by atoms with van der Waals surface area (Å²) in [6, 6.07) is 0.758. The van der Waals surface area contributed by atoms with E-state index in [-0.39, 0.29) is 0 Å². The Kier molecular flexibility index (Phi) is 7.81. The van der Waals surface area contributed by atoms with E-state index < -0.39 is 0 Å². The van der Waals surface area contributed by atoms with Crippen LogP contribution in [0.15, 0.2) is 0 Å². The summed E-state index contributed by atoms with van der Waals surface area (Å²) in [5.74, 6) is 0. The van der Waals surface area contributed by atoms with Crippen LogP contribution < -0.4 is 5.32 Å². The van der Waals surface area contributed by atoms with Gasteiger partial charge in [-0.25, -0.2) is 0 Å². The van der Waals surface area contributed by atoms with E-state index in [1.54, 1.807) is 0 Å². The minimum Gasteiger partial charge on any atom is -0.396 e. The normalized spacial score (nSPS) is 19.1. The van der Waals surface area contributed by atoms with E-state index >= 15 is 0 Å². The summed E-state index contributed by atoms with van der Waals surface area (Å²) >= 11 is 0. The van der Waals surface area contributed by atoms with Crippen LogP contribution in [-0.4, -0.2) is 48.8 Å². The molecule has 0 aromatic rings. The number of nitrogens with one attached hydrogen (secondary N) is 1. The van der Waals surface area contributed by atoms with Gasteiger partial charge in [0.15, 0.2) is 0 Å². The molecule has 96 valence electrons. The second kappa shape index (κ2) is 8.97. The zero-order chi connectivity index (χ0) is 11.6. The maximum absolute atomic E-state index is 8.70. The Hall–Kier alpha value is -0.120. The van der Waals surface area contributed by atoms with Crippen molar-refractivity contribution in [2.24, 2.45) is 0 Å². The van der Waals surface area contributed by atoms with Crippen molar-refractivity contribution in [2.75, 3.05) is 32.8 Å². The molecular weight excluding hydrogens is 200 g/mol. The summed E-state index contributed by atoms with van der Waals surface area (Å²) in [7, 11) is 0. The second-order valence-corrected chi connectivity index (χ2v) is 4.85. The van der Waals surface area contributed by atoms with Crippen LogP contribution in [-0.2, 0) is 0 Å². The molecule has 0 aliphatic carbocycles. The molecule has 1 heterocycles. The molecule has 0 unspecified atom stereocenters. The predicted octanol–water partition coefficient (Wildman–Crippen LogP) is 1.61. The van der Waals surface area contributed by atoms with Gasteiger partial charge >= 0.3 is 0 Å². The Morgan fingerprint density at radius 1 is 1.19 bits per heavy atom. The summed E-state index contributed by atoms with van der Waals surface area (Å²) in [5.41, 5.74) is 0. The molecule has 0 aromatic carbocycles. The highest BCUT2D eigenvalue weighted by molar-refractivity contribution is 4.76. The minimum absolute atomic E-state index is 0.350. The molecule has 0 bridgehead atoms. The van der Waals surface area contributed by atoms with Crippen molar-refractivity contribution in [2.45, 2.75) is 51.5 Å². The van der Waals surface area contributed by atoms with E-state index in [4.69, 9.17) is 5.11 Å². The van der Waals surface area contributed by atoms with E-state index in [0.29, 0.717) is 6.61 Å². The third-order valence-corrected chi connectivity index (χ3v) is 3.40. The average Bonchev–Trinajstić information content (AvgIpc) is 2.33. The molecule has 2 N–H and O–H groups in total. The van der Waals surface area contributed by atoms with Gasteiger partial charge in [0.25, 0.3) is 0 Å². The van der Waals surface area contributed by atoms with Crippen LogP contribution in [0, 0.1) is 0 Å². The number of aliphatic hydroxyl groups excluding tert-OH is 1. The van der Waals surface area contributed by atoms with Crippen molar-refractivity contribution in [3.63, 3.8) is 0 Å². The van der Waals surface area contributed by atoms with Gasteiger partial charge in [0, 0.05) is 12.6 Å². The Bertz CT molecular complexity index is 156. The lowest BCUT2D eigenvalue weighted by Crippen LogP contribution is -2.42. The van der Waals surface area contributed by atoms with Crippen LogP contribution in [0.2, 0.25) is 0 Å². The number of piperidine rings is 1. The molecule has 3 heteroatoms. The van der Waals surface area contributed by atoms with Crippen molar-refractivity contribution in [1.29, 1.82) is 0 Å². The van der Waals surface area contributed by atoms with Crippen LogP contribution in [0.4, 0.5) is 0 Å². The molecule has 0 amide bonds. The highest BCUT2D eigenvalue weighted by Gasteiger charge is 2.17. The van der Waals surface area contributed by atoms with E-state index in [9.17, 15) is 0 Å². The summed E-state index contributed by atoms with van der Waals surface area (Å²) < 4.78 is 0. The van der Waals surface area contributed by atoms with Crippen LogP contribution in [0.3, 0.4) is 0 Å². The molecule has 1 fully saturated rings. The summed E-state index contributed by atoms with van der Waals surface area (Å²) in [6.45, 7) is 7.47. The van der Waals surface area contributed by atoms with Crippen molar-refractivity contribution < 1.29 is 5.11 Å². The fraction of sp³-hybridized carbons (Fsp3) is 1.00. The van der Waals surface area contributed by atoms with Crippen molar-refractivity contribution in [3.8, 4) is 0 Å². The smallest absolute Gasteiger partial charge is 0.0431 e. The number of nitrogens with zero attached hydrogens (tertiary/aromatic N) is 1. The molecule has 0 spiro atoms. The highest BCUT2D eigenvalue weighted by atomic mass is 16.2. The first-order chi connectivity index (χ1) is 7.86. The summed E-state index contributed by atoms with van der Waals surface area (Å²) in [5, 5.41) is 12.3. The molecule has 1 aliphatic rings. The average molecular weight is 228 g/mol. The van der Waals surface area contributed by atoms with Gasteiger partial charge in [0.1, 0.15) is 0 Å². The number of hydrogen-bond acceptors (Lipinski definition) is 3. The second-order valence-electron chi connectivity index (χ2n) is 4.85. The maximum Gasteiger partial charge on any atom is 0.0431 e. The first-order valence-electron chi connectivity index (χ1n) is 6.93. The minimum atomic E-state index is 0.350. The quantitative estimate of drug-likeness (QED) is 0.620. The van der Waals surface area contributed by atoms with Gasteiger partial charge in [0.2, 0.25) is 0 Å². The molecule has 1 aliphatic heterocycles. The summed E-state index contributed by atoms with van der Waals surface area (Å²) in [4.78, 5) is 2.57. The molecule has 16 heavy (non-hydrogen) atoms. The number of hydrogen-bond donors (Lipinski definition) is 2. The molecule has 0 aromatic heterocycles. The van der Waals surface area contributed by atoms with Crippen LogP contribution in [0.1, 0.15) is 45.4 Å². The largest absolute Gasteiger partial charge is 0.396 e. The predicted molar refractivity (Wildman–Crippen MR) is 68.7 cm³/mol. The lowest BCUT2D eigenvalue weighted by atomic mass is 10.0. The van der Waals surface area contributed by atoms with E-state index in [1.807, 2.05) is 0 Å². The SMILES string of the molecule is CCCNC1CCN(CCCCCO)CC1. The Morgan fingerprint density at radius 3 is 2.56 bits per heavy atom. The van der Waals surface area contributed by atoms with Gasteiger partial charge < -0.3 is 15.3 Å². The highest BCUT2D eigenvalue weighted by Crippen LogP contribution is 2.11. The van der Waals surface area contributed by atoms with Gasteiger partial charge in [-0.05, 0) is 64.7 Å². The van der Waals surface area contributed by atoms with E-state index in [1.165, 1.54) is 58.3 Å². The zero-order valence-electron chi connectivity index (χ0n) is 10.7. The van der Waals surface area contributed by atoms with Gasteiger partial charge in [-0.15, -0.1) is 0 Å². The summed E-state index contributed by atoms with van der Waals surface area (Å²) in [6.07, 6.45) is 7.23. The molecule has 0 saturated carbocycles. The molecule has 1 saturated heterocycles.